The van der Waals surface area contributed by atoms with E-state index in [0.717, 1.165) is 29.7 Å². The van der Waals surface area contributed by atoms with Gasteiger partial charge in [0.25, 0.3) is 5.91 Å². The van der Waals surface area contributed by atoms with Gasteiger partial charge >= 0.3 is 0 Å². The van der Waals surface area contributed by atoms with Gasteiger partial charge in [0.15, 0.2) is 10.9 Å². The van der Waals surface area contributed by atoms with Crippen molar-refractivity contribution in [3.8, 4) is 0 Å². The lowest BCUT2D eigenvalue weighted by molar-refractivity contribution is -0.120. The van der Waals surface area contributed by atoms with E-state index >= 15 is 0 Å². The summed E-state index contributed by atoms with van der Waals surface area (Å²) in [6, 6.07) is 11.2. The number of fused-ring (bicyclic) bond motifs is 1. The number of nitrogens with zero attached hydrogens (tertiary/aromatic N) is 3. The maximum absolute atomic E-state index is 12.2. The number of rotatable bonds is 8. The van der Waals surface area contributed by atoms with Crippen molar-refractivity contribution >= 4 is 39.3 Å². The number of thiazole rings is 1. The minimum atomic E-state index is -0.368. The summed E-state index contributed by atoms with van der Waals surface area (Å²) < 4.78 is 7.13. The molecule has 30 heavy (non-hydrogen) atoms. The molecule has 0 aliphatic rings. The zero-order chi connectivity index (χ0) is 20.9. The smallest absolute Gasteiger partial charge is 0.293 e. The van der Waals surface area contributed by atoms with Gasteiger partial charge in [0.2, 0.25) is 5.91 Å². The predicted molar refractivity (Wildman–Crippen MR) is 115 cm³/mol. The second-order valence-corrected chi connectivity index (χ2v) is 7.64. The van der Waals surface area contributed by atoms with Crippen LogP contribution in [0.2, 0.25) is 0 Å². The number of benzene rings is 1. The third-order valence-electron chi connectivity index (χ3n) is 4.64. The second-order valence-electron chi connectivity index (χ2n) is 6.78. The van der Waals surface area contributed by atoms with Gasteiger partial charge in [0.05, 0.1) is 29.4 Å². The molecule has 154 valence electrons. The fourth-order valence-corrected chi connectivity index (χ4v) is 3.84. The van der Waals surface area contributed by atoms with Gasteiger partial charge in [-0.25, -0.2) is 9.97 Å². The molecule has 0 spiro atoms. The molecular formula is C21H21N5O3S. The molecule has 2 amide bonds. The van der Waals surface area contributed by atoms with E-state index in [0.29, 0.717) is 17.4 Å². The summed E-state index contributed by atoms with van der Waals surface area (Å²) in [4.78, 5) is 33.1. The number of imidazole rings is 1. The molecule has 0 saturated heterocycles. The van der Waals surface area contributed by atoms with Crippen molar-refractivity contribution < 1.29 is 14.0 Å². The van der Waals surface area contributed by atoms with Gasteiger partial charge in [0.1, 0.15) is 5.82 Å². The van der Waals surface area contributed by atoms with E-state index in [2.05, 4.69) is 25.2 Å². The van der Waals surface area contributed by atoms with Crippen molar-refractivity contribution in [2.45, 2.75) is 19.3 Å². The van der Waals surface area contributed by atoms with Crippen molar-refractivity contribution in [2.75, 3.05) is 11.9 Å². The molecule has 0 bridgehead atoms. The Kier molecular flexibility index (Phi) is 5.89. The van der Waals surface area contributed by atoms with Crippen molar-refractivity contribution in [3.05, 3.63) is 65.3 Å². The average Bonchev–Trinajstić information content (AvgIpc) is 3.47. The number of carbonyl (C=O) groups is 2. The van der Waals surface area contributed by atoms with E-state index in [4.69, 9.17) is 4.42 Å². The Bertz CT molecular complexity index is 1160. The van der Waals surface area contributed by atoms with Crippen LogP contribution in [-0.4, -0.2) is 32.9 Å². The quantitative estimate of drug-likeness (QED) is 0.424. The third kappa shape index (κ3) is 4.57. The number of nitrogens with one attached hydrogen (secondary N) is 2. The molecule has 0 aliphatic heterocycles. The Hall–Kier alpha value is -3.46. The van der Waals surface area contributed by atoms with Gasteiger partial charge in [0, 0.05) is 25.4 Å². The third-order valence-corrected chi connectivity index (χ3v) is 5.44. The Morgan fingerprint density at radius 2 is 2.03 bits per heavy atom. The van der Waals surface area contributed by atoms with E-state index in [1.54, 1.807) is 17.5 Å². The van der Waals surface area contributed by atoms with Crippen molar-refractivity contribution in [3.63, 3.8) is 0 Å². The van der Waals surface area contributed by atoms with Crippen LogP contribution < -0.4 is 10.6 Å². The fourth-order valence-electron chi connectivity index (χ4n) is 3.13. The van der Waals surface area contributed by atoms with Crippen molar-refractivity contribution in [1.82, 2.24) is 19.9 Å². The molecule has 1 aromatic carbocycles. The number of anilines is 1. The molecule has 8 nitrogen and oxygen atoms in total. The Morgan fingerprint density at radius 1 is 1.17 bits per heavy atom. The van der Waals surface area contributed by atoms with Crippen LogP contribution in [0.4, 0.5) is 5.13 Å². The van der Waals surface area contributed by atoms with Crippen molar-refractivity contribution in [2.24, 2.45) is 7.05 Å². The molecule has 0 atom stereocenters. The molecule has 9 heteroatoms. The van der Waals surface area contributed by atoms with Crippen LogP contribution in [-0.2, 0) is 24.7 Å². The first-order valence-corrected chi connectivity index (χ1v) is 10.4. The summed E-state index contributed by atoms with van der Waals surface area (Å²) in [6.07, 6.45) is 3.18. The molecule has 4 rings (SSSR count). The monoisotopic (exact) mass is 423 g/mol. The normalized spacial score (nSPS) is 11.0. The minimum Gasteiger partial charge on any atom is -0.459 e. The zero-order valence-electron chi connectivity index (χ0n) is 16.4. The molecular weight excluding hydrogens is 402 g/mol. The van der Waals surface area contributed by atoms with Gasteiger partial charge in [-0.15, -0.1) is 11.3 Å². The Balaban J connectivity index is 1.22. The van der Waals surface area contributed by atoms with Crippen LogP contribution in [0.15, 0.2) is 52.5 Å². The van der Waals surface area contributed by atoms with Crippen LogP contribution in [0.3, 0.4) is 0 Å². The van der Waals surface area contributed by atoms with E-state index in [1.165, 1.54) is 17.6 Å². The van der Waals surface area contributed by atoms with Crippen LogP contribution in [0.5, 0.6) is 0 Å². The highest BCUT2D eigenvalue weighted by molar-refractivity contribution is 7.14. The van der Waals surface area contributed by atoms with Crippen LogP contribution >= 0.6 is 11.3 Å². The number of hydrogen-bond acceptors (Lipinski definition) is 6. The Morgan fingerprint density at radius 3 is 2.83 bits per heavy atom. The molecule has 0 unspecified atom stereocenters. The topological polar surface area (TPSA) is 102 Å². The minimum absolute atomic E-state index is 0.103. The first kappa shape index (κ1) is 19.8. The lowest BCUT2D eigenvalue weighted by Crippen LogP contribution is -2.26. The molecule has 3 aromatic heterocycles. The highest BCUT2D eigenvalue weighted by Crippen LogP contribution is 2.17. The number of aryl methyl sites for hydroxylation is 2. The second kappa shape index (κ2) is 8.91. The summed E-state index contributed by atoms with van der Waals surface area (Å²) in [5.74, 6) is 0.744. The molecule has 0 aliphatic carbocycles. The summed E-state index contributed by atoms with van der Waals surface area (Å²) in [6.45, 7) is 0.564. The van der Waals surface area contributed by atoms with Crippen molar-refractivity contribution in [1.29, 1.82) is 0 Å². The summed E-state index contributed by atoms with van der Waals surface area (Å²) >= 11 is 1.27. The van der Waals surface area contributed by atoms with Gasteiger partial charge in [-0.2, -0.15) is 0 Å². The molecule has 0 radical (unpaired) electrons. The summed E-state index contributed by atoms with van der Waals surface area (Å²) in [7, 11) is 2.01. The number of para-hydroxylation sites is 2. The maximum Gasteiger partial charge on any atom is 0.293 e. The van der Waals surface area contributed by atoms with E-state index in [9.17, 15) is 9.59 Å². The van der Waals surface area contributed by atoms with Gasteiger partial charge in [-0.3, -0.25) is 14.9 Å². The first-order chi connectivity index (χ1) is 14.6. The van der Waals surface area contributed by atoms with E-state index in [-0.39, 0.29) is 24.0 Å². The highest BCUT2D eigenvalue weighted by Gasteiger charge is 2.13. The number of amides is 2. The molecule has 3 heterocycles. The highest BCUT2D eigenvalue weighted by atomic mass is 32.1. The summed E-state index contributed by atoms with van der Waals surface area (Å²) in [5.41, 5.74) is 2.70. The Labute approximate surface area is 176 Å². The van der Waals surface area contributed by atoms with Crippen LogP contribution in [0, 0.1) is 0 Å². The van der Waals surface area contributed by atoms with Crippen LogP contribution in [0.25, 0.3) is 11.0 Å². The maximum atomic E-state index is 12.2. The van der Waals surface area contributed by atoms with Gasteiger partial charge in [-0.1, -0.05) is 12.1 Å². The van der Waals surface area contributed by atoms with Gasteiger partial charge < -0.3 is 14.3 Å². The number of aromatic nitrogens is 3. The zero-order valence-corrected chi connectivity index (χ0v) is 17.2. The fraction of sp³-hybridized carbons (Fsp3) is 0.238. The molecule has 0 fully saturated rings. The van der Waals surface area contributed by atoms with E-state index < -0.39 is 0 Å². The lowest BCUT2D eigenvalue weighted by Gasteiger charge is -2.05. The van der Waals surface area contributed by atoms with E-state index in [1.807, 2.05) is 31.3 Å². The number of carbonyl (C=O) groups excluding carboxylic acids is 2. The lowest BCUT2D eigenvalue weighted by atomic mass is 10.2. The molecule has 4 aromatic rings. The van der Waals surface area contributed by atoms with Gasteiger partial charge in [-0.05, 0) is 30.7 Å². The van der Waals surface area contributed by atoms with Crippen LogP contribution in [0.1, 0.15) is 28.5 Å². The average molecular weight is 423 g/mol. The number of hydrogen-bond donors (Lipinski definition) is 2. The molecule has 2 N–H and O–H groups in total. The predicted octanol–water partition coefficient (Wildman–Crippen LogP) is 3.17. The summed E-state index contributed by atoms with van der Waals surface area (Å²) in [5, 5.41) is 7.76. The standard InChI is InChI=1S/C21H21N5O3S/c1-26-16-7-3-2-6-15(16)24-18(26)9-4-10-22-19(27)12-14-13-30-21(23-14)25-20(28)17-8-5-11-29-17/h2-3,5-8,11,13H,4,9-10,12H2,1H3,(H,22,27)(H,23,25,28). The molecule has 0 saturated carbocycles. The largest absolute Gasteiger partial charge is 0.459 e. The SMILES string of the molecule is Cn1c(CCCNC(=O)Cc2csc(NC(=O)c3ccco3)n2)nc2ccccc21. The number of furan rings is 1. The first-order valence-electron chi connectivity index (χ1n) is 9.56.